The molecule has 1 radical (unpaired) electrons. The van der Waals surface area contributed by atoms with Crippen molar-refractivity contribution in [1.29, 1.82) is 0 Å². The highest BCUT2D eigenvalue weighted by Gasteiger charge is 1.92. The summed E-state index contributed by atoms with van der Waals surface area (Å²) in [4.78, 5) is 19.7. The molecule has 9 heavy (non-hydrogen) atoms. The highest BCUT2D eigenvalue weighted by molar-refractivity contribution is 5.84. The molecule has 0 aliphatic carbocycles. The van der Waals surface area contributed by atoms with Crippen LogP contribution in [0.2, 0.25) is 0 Å². The van der Waals surface area contributed by atoms with E-state index < -0.39 is 6.03 Å². The lowest BCUT2D eigenvalue weighted by Gasteiger charge is -1.95. The summed E-state index contributed by atoms with van der Waals surface area (Å²) in [5, 5.41) is 4.08. The van der Waals surface area contributed by atoms with Gasteiger partial charge in [-0.3, -0.25) is 10.1 Å². The van der Waals surface area contributed by atoms with Crippen LogP contribution >= 0.6 is 0 Å². The van der Waals surface area contributed by atoms with Crippen LogP contribution in [0.5, 0.6) is 0 Å². The molecule has 0 atom stereocenters. The lowest BCUT2D eigenvalue weighted by Crippen LogP contribution is -2.34. The fraction of sp³-hybridized carbons (Fsp3) is 0.200. The van der Waals surface area contributed by atoms with Gasteiger partial charge in [0, 0.05) is 6.54 Å². The van der Waals surface area contributed by atoms with Crippen molar-refractivity contribution in [2.24, 2.45) is 0 Å². The van der Waals surface area contributed by atoms with Gasteiger partial charge in [-0.2, -0.15) is 0 Å². The number of hydrogen-bond acceptors (Lipinski definition) is 2. The van der Waals surface area contributed by atoms with Crippen molar-refractivity contribution in [3.8, 4) is 0 Å². The van der Waals surface area contributed by atoms with Gasteiger partial charge in [0.05, 0.1) is 0 Å². The minimum Gasteiger partial charge on any atom is -0.334 e. The minimum absolute atomic E-state index is 0.341. The van der Waals surface area contributed by atoms with E-state index in [1.807, 2.05) is 0 Å². The molecule has 0 unspecified atom stereocenters. The first kappa shape index (κ1) is 7.68. The summed E-state index contributed by atoms with van der Waals surface area (Å²) in [6, 6.07) is -0.565. The van der Waals surface area contributed by atoms with Gasteiger partial charge in [-0.15, -0.1) is 6.58 Å². The van der Waals surface area contributed by atoms with Gasteiger partial charge in [0.25, 0.3) is 0 Å². The van der Waals surface area contributed by atoms with E-state index in [9.17, 15) is 9.59 Å². The molecule has 0 saturated heterocycles. The molecule has 4 heteroatoms. The average Bonchev–Trinajstić information content (AvgIpc) is 1.85. The lowest BCUT2D eigenvalue weighted by atomic mass is 10.6. The molecular formula is C5H7N2O2. The molecule has 0 rings (SSSR count). The number of rotatable bonds is 3. The van der Waals surface area contributed by atoms with Crippen molar-refractivity contribution in [2.45, 2.75) is 0 Å². The molecule has 2 N–H and O–H groups in total. The molecule has 0 heterocycles. The monoisotopic (exact) mass is 127 g/mol. The first-order chi connectivity index (χ1) is 4.31. The quantitative estimate of drug-likeness (QED) is 0.398. The van der Waals surface area contributed by atoms with Crippen LogP contribution in [0.4, 0.5) is 4.79 Å². The normalized spacial score (nSPS) is 7.56. The summed E-state index contributed by atoms with van der Waals surface area (Å²) < 4.78 is 0. The maximum absolute atomic E-state index is 10.3. The minimum atomic E-state index is -0.565. The molecule has 49 valence electrons. The van der Waals surface area contributed by atoms with Crippen molar-refractivity contribution in [3.63, 3.8) is 0 Å². The average molecular weight is 127 g/mol. The molecule has 0 aromatic carbocycles. The van der Waals surface area contributed by atoms with E-state index in [1.165, 1.54) is 12.5 Å². The van der Waals surface area contributed by atoms with E-state index in [2.05, 4.69) is 11.9 Å². The zero-order valence-corrected chi connectivity index (χ0v) is 4.81. The van der Waals surface area contributed by atoms with Crippen LogP contribution < -0.4 is 10.6 Å². The second kappa shape index (κ2) is 4.83. The van der Waals surface area contributed by atoms with Gasteiger partial charge in [-0.25, -0.2) is 4.79 Å². The van der Waals surface area contributed by atoms with E-state index in [4.69, 9.17) is 0 Å². The van der Waals surface area contributed by atoms with Crippen molar-refractivity contribution in [1.82, 2.24) is 10.6 Å². The van der Waals surface area contributed by atoms with Crippen LogP contribution in [0, 0.1) is 0 Å². The molecule has 0 aromatic heterocycles. The van der Waals surface area contributed by atoms with E-state index in [-0.39, 0.29) is 0 Å². The van der Waals surface area contributed by atoms with Crippen molar-refractivity contribution >= 4 is 12.4 Å². The highest BCUT2D eigenvalue weighted by Crippen LogP contribution is 1.61. The maximum atomic E-state index is 10.3. The van der Waals surface area contributed by atoms with Crippen molar-refractivity contribution < 1.29 is 9.59 Å². The fourth-order valence-electron chi connectivity index (χ4n) is 0.255. The SMILES string of the molecule is C=CCNC(=O)N[C]=O. The third-order valence-corrected chi connectivity index (χ3v) is 0.572. The van der Waals surface area contributed by atoms with Crippen molar-refractivity contribution in [3.05, 3.63) is 12.7 Å². The van der Waals surface area contributed by atoms with Gasteiger partial charge >= 0.3 is 12.4 Å². The Balaban J connectivity index is 3.26. The second-order valence-electron chi connectivity index (χ2n) is 1.23. The first-order valence-electron chi connectivity index (χ1n) is 2.33. The van der Waals surface area contributed by atoms with Crippen LogP contribution in [0.3, 0.4) is 0 Å². The molecule has 0 spiro atoms. The number of carbonyl (C=O) groups is 1. The standard InChI is InChI=1S/C5H7N2O2/c1-2-3-6-5(9)7-4-8/h2H,1,3H2,(H2,6,7,8,9). The first-order valence-corrected chi connectivity index (χ1v) is 2.33. The number of amides is 3. The Kier molecular flexibility index (Phi) is 4.12. The number of nitrogens with one attached hydrogen (secondary N) is 2. The number of hydrogen-bond donors (Lipinski definition) is 2. The summed E-state index contributed by atoms with van der Waals surface area (Å²) in [5.74, 6) is 0. The third-order valence-electron chi connectivity index (χ3n) is 0.572. The van der Waals surface area contributed by atoms with Gasteiger partial charge < -0.3 is 5.32 Å². The zero-order valence-electron chi connectivity index (χ0n) is 4.81. The maximum Gasteiger partial charge on any atom is 0.322 e. The number of urea groups is 1. The lowest BCUT2D eigenvalue weighted by molar-refractivity contribution is 0.246. The fourth-order valence-corrected chi connectivity index (χ4v) is 0.255. The molecule has 0 saturated carbocycles. The van der Waals surface area contributed by atoms with E-state index in [0.717, 1.165) is 0 Å². The van der Waals surface area contributed by atoms with Gasteiger partial charge in [0.2, 0.25) is 0 Å². The summed E-state index contributed by atoms with van der Waals surface area (Å²) in [5.41, 5.74) is 0. The molecule has 0 aliphatic rings. The Hall–Kier alpha value is -1.32. The zero-order chi connectivity index (χ0) is 7.11. The Labute approximate surface area is 52.9 Å². The number of carbonyl (C=O) groups excluding carboxylic acids is 2. The van der Waals surface area contributed by atoms with Crippen LogP contribution in [-0.2, 0) is 4.79 Å². The van der Waals surface area contributed by atoms with E-state index >= 15 is 0 Å². The topological polar surface area (TPSA) is 58.2 Å². The molecule has 4 nitrogen and oxygen atoms in total. The Morgan fingerprint density at radius 2 is 2.44 bits per heavy atom. The van der Waals surface area contributed by atoms with E-state index in [1.54, 1.807) is 5.32 Å². The Morgan fingerprint density at radius 1 is 1.78 bits per heavy atom. The summed E-state index contributed by atoms with van der Waals surface area (Å²) in [6.07, 6.45) is 2.73. The molecule has 3 amide bonds. The summed E-state index contributed by atoms with van der Waals surface area (Å²) in [7, 11) is 0. The molecular weight excluding hydrogens is 120 g/mol. The van der Waals surface area contributed by atoms with Crippen LogP contribution in [0.15, 0.2) is 12.7 Å². The molecule has 0 aromatic rings. The smallest absolute Gasteiger partial charge is 0.322 e. The molecule has 0 aliphatic heterocycles. The Morgan fingerprint density at radius 3 is 2.89 bits per heavy atom. The van der Waals surface area contributed by atoms with Crippen LogP contribution in [0.25, 0.3) is 0 Å². The summed E-state index contributed by atoms with van der Waals surface area (Å²) in [6.45, 7) is 3.69. The Bertz CT molecular complexity index is 122. The largest absolute Gasteiger partial charge is 0.334 e. The second-order valence-corrected chi connectivity index (χ2v) is 1.23. The highest BCUT2D eigenvalue weighted by atomic mass is 16.2. The van der Waals surface area contributed by atoms with E-state index in [0.29, 0.717) is 6.54 Å². The van der Waals surface area contributed by atoms with Crippen LogP contribution in [-0.4, -0.2) is 19.0 Å². The summed E-state index contributed by atoms with van der Waals surface area (Å²) >= 11 is 0. The van der Waals surface area contributed by atoms with Gasteiger partial charge in [0.1, 0.15) is 0 Å². The van der Waals surface area contributed by atoms with Crippen LogP contribution in [0.1, 0.15) is 0 Å². The predicted octanol–water partition coefficient (Wildman–Crippen LogP) is -0.461. The number of imide groups is 1. The van der Waals surface area contributed by atoms with Gasteiger partial charge in [-0.1, -0.05) is 6.08 Å². The third kappa shape index (κ3) is 4.53. The molecule has 0 bridgehead atoms. The molecule has 0 fully saturated rings. The van der Waals surface area contributed by atoms with Crippen molar-refractivity contribution in [2.75, 3.05) is 6.54 Å². The van der Waals surface area contributed by atoms with Gasteiger partial charge in [-0.05, 0) is 0 Å². The predicted molar refractivity (Wildman–Crippen MR) is 32.4 cm³/mol. The van der Waals surface area contributed by atoms with Gasteiger partial charge in [0.15, 0.2) is 0 Å².